The molecule has 0 saturated carbocycles. The Bertz CT molecular complexity index is 573. The number of sulfonamides is 1. The minimum Gasteiger partial charge on any atom is -0.384 e. The fourth-order valence-electron chi connectivity index (χ4n) is 1.62. The lowest BCUT2D eigenvalue weighted by Gasteiger charge is -2.19. The Morgan fingerprint density at radius 3 is 2.68 bits per heavy atom. The molecule has 6 heteroatoms. The van der Waals surface area contributed by atoms with Gasteiger partial charge in [-0.3, -0.25) is 4.98 Å². The molecular weight excluding hydrogens is 264 g/mol. The van der Waals surface area contributed by atoms with Crippen LogP contribution >= 0.6 is 0 Å². The van der Waals surface area contributed by atoms with Crippen LogP contribution in [0.25, 0.3) is 0 Å². The Morgan fingerprint density at radius 2 is 2.11 bits per heavy atom. The second-order valence-electron chi connectivity index (χ2n) is 3.87. The predicted octanol–water partition coefficient (Wildman–Crippen LogP) is 0.846. The van der Waals surface area contributed by atoms with Crippen molar-refractivity contribution in [3.05, 3.63) is 24.0 Å². The van der Waals surface area contributed by atoms with Crippen LogP contribution in [0.2, 0.25) is 0 Å². The lowest BCUT2D eigenvalue weighted by atomic mass is 10.3. The maximum atomic E-state index is 12.4. The first-order valence-electron chi connectivity index (χ1n) is 6.11. The van der Waals surface area contributed by atoms with Crippen molar-refractivity contribution in [1.29, 1.82) is 0 Å². The lowest BCUT2D eigenvalue weighted by molar-refractivity contribution is 0.350. The number of aliphatic hydroxyl groups excluding tert-OH is 1. The molecule has 1 aromatic heterocycles. The summed E-state index contributed by atoms with van der Waals surface area (Å²) in [4.78, 5) is 4.02. The number of hydrogen-bond acceptors (Lipinski definition) is 4. The number of aliphatic hydroxyl groups is 1. The van der Waals surface area contributed by atoms with E-state index >= 15 is 0 Å². The molecule has 19 heavy (non-hydrogen) atoms. The Hall–Kier alpha value is -1.42. The van der Waals surface area contributed by atoms with Crippen LogP contribution in [-0.4, -0.2) is 42.5 Å². The molecule has 0 aliphatic heterocycles. The molecular formula is C13H18N2O3S. The Kier molecular flexibility index (Phi) is 5.96. The zero-order valence-corrected chi connectivity index (χ0v) is 11.9. The highest BCUT2D eigenvalue weighted by Gasteiger charge is 2.22. The highest BCUT2D eigenvalue weighted by Crippen LogP contribution is 2.15. The first-order valence-corrected chi connectivity index (χ1v) is 7.55. The van der Waals surface area contributed by atoms with E-state index in [0.29, 0.717) is 18.7 Å². The van der Waals surface area contributed by atoms with Gasteiger partial charge in [0.05, 0.1) is 0 Å². The van der Waals surface area contributed by atoms with Crippen molar-refractivity contribution >= 4 is 10.0 Å². The molecule has 0 radical (unpaired) electrons. The van der Waals surface area contributed by atoms with Crippen LogP contribution in [0.3, 0.4) is 0 Å². The smallest absolute Gasteiger partial charge is 0.244 e. The minimum atomic E-state index is -3.52. The van der Waals surface area contributed by atoms with E-state index in [2.05, 4.69) is 16.8 Å². The molecule has 0 spiro atoms. The average molecular weight is 282 g/mol. The first kappa shape index (κ1) is 15.6. The van der Waals surface area contributed by atoms with Crippen molar-refractivity contribution in [2.75, 3.05) is 19.7 Å². The average Bonchev–Trinajstić information content (AvgIpc) is 2.42. The molecule has 0 aliphatic carbocycles. The van der Waals surface area contributed by atoms with Crippen molar-refractivity contribution < 1.29 is 13.5 Å². The van der Waals surface area contributed by atoms with Gasteiger partial charge in [0, 0.05) is 31.0 Å². The van der Waals surface area contributed by atoms with Crippen LogP contribution in [-0.2, 0) is 10.0 Å². The fraction of sp³-hybridized carbons (Fsp3) is 0.462. The monoisotopic (exact) mass is 282 g/mol. The summed E-state index contributed by atoms with van der Waals surface area (Å²) in [5.74, 6) is 5.12. The van der Waals surface area contributed by atoms with Crippen molar-refractivity contribution in [2.24, 2.45) is 0 Å². The van der Waals surface area contributed by atoms with Crippen LogP contribution in [0.4, 0.5) is 0 Å². The third kappa shape index (κ3) is 4.03. The van der Waals surface area contributed by atoms with E-state index in [1.807, 2.05) is 6.92 Å². The van der Waals surface area contributed by atoms with Crippen LogP contribution in [0.15, 0.2) is 23.4 Å². The van der Waals surface area contributed by atoms with Crippen LogP contribution in [0, 0.1) is 11.8 Å². The Labute approximate surface area is 114 Å². The van der Waals surface area contributed by atoms with E-state index in [-0.39, 0.29) is 11.5 Å². The normalized spacial score (nSPS) is 11.2. The van der Waals surface area contributed by atoms with Crippen molar-refractivity contribution in [2.45, 2.75) is 25.2 Å². The van der Waals surface area contributed by atoms with Gasteiger partial charge in [0.1, 0.15) is 11.5 Å². The van der Waals surface area contributed by atoms with Gasteiger partial charge in [-0.15, -0.1) is 0 Å². The highest BCUT2D eigenvalue weighted by atomic mass is 32.2. The fourth-order valence-corrected chi connectivity index (χ4v) is 3.15. The SMILES string of the molecule is CCCN(CC)S(=O)(=O)c1cncc(C#CCO)c1. The Morgan fingerprint density at radius 1 is 1.37 bits per heavy atom. The number of aromatic nitrogens is 1. The molecule has 0 atom stereocenters. The maximum Gasteiger partial charge on any atom is 0.244 e. The topological polar surface area (TPSA) is 70.5 Å². The van der Waals surface area contributed by atoms with Gasteiger partial charge < -0.3 is 5.11 Å². The summed E-state index contributed by atoms with van der Waals surface area (Å²) in [5, 5.41) is 8.63. The lowest BCUT2D eigenvalue weighted by Crippen LogP contribution is -2.31. The maximum absolute atomic E-state index is 12.4. The molecule has 1 N–H and O–H groups in total. The van der Waals surface area contributed by atoms with Gasteiger partial charge in [-0.2, -0.15) is 4.31 Å². The summed E-state index contributed by atoms with van der Waals surface area (Å²) in [6, 6.07) is 1.48. The molecule has 104 valence electrons. The quantitative estimate of drug-likeness (QED) is 0.813. The molecule has 1 aromatic rings. The molecule has 0 aromatic carbocycles. The molecule has 0 fully saturated rings. The summed E-state index contributed by atoms with van der Waals surface area (Å²) < 4.78 is 26.1. The standard InChI is InChI=1S/C13H18N2O3S/c1-3-7-15(4-2)19(17,18)13-9-12(6-5-8-16)10-14-11-13/h9-11,16H,3-4,7-8H2,1-2H3. The minimum absolute atomic E-state index is 0.132. The van der Waals surface area contributed by atoms with Gasteiger partial charge in [0.15, 0.2) is 0 Å². The van der Waals surface area contributed by atoms with Gasteiger partial charge in [0.25, 0.3) is 0 Å². The second-order valence-corrected chi connectivity index (χ2v) is 5.80. The third-order valence-corrected chi connectivity index (χ3v) is 4.43. The second kappa shape index (κ2) is 7.24. The molecule has 0 amide bonds. The van der Waals surface area contributed by atoms with E-state index in [0.717, 1.165) is 6.42 Å². The van der Waals surface area contributed by atoms with E-state index in [1.54, 1.807) is 6.92 Å². The zero-order chi connectivity index (χ0) is 14.3. The molecule has 0 aliphatic rings. The van der Waals surface area contributed by atoms with Crippen LogP contribution in [0.5, 0.6) is 0 Å². The van der Waals surface area contributed by atoms with Crippen molar-refractivity contribution in [3.63, 3.8) is 0 Å². The molecule has 0 bridgehead atoms. The number of rotatable bonds is 5. The number of hydrogen-bond donors (Lipinski definition) is 1. The summed E-state index contributed by atoms with van der Waals surface area (Å²) in [7, 11) is -3.52. The summed E-state index contributed by atoms with van der Waals surface area (Å²) in [6.07, 6.45) is 3.54. The van der Waals surface area contributed by atoms with Gasteiger partial charge in [-0.1, -0.05) is 25.7 Å². The zero-order valence-electron chi connectivity index (χ0n) is 11.1. The molecule has 5 nitrogen and oxygen atoms in total. The predicted molar refractivity (Wildman–Crippen MR) is 72.9 cm³/mol. The molecule has 1 rings (SSSR count). The Balaban J connectivity index is 3.14. The van der Waals surface area contributed by atoms with E-state index < -0.39 is 10.0 Å². The summed E-state index contributed by atoms with van der Waals surface area (Å²) in [5.41, 5.74) is 0.475. The van der Waals surface area contributed by atoms with E-state index in [4.69, 9.17) is 5.11 Å². The molecule has 0 saturated heterocycles. The number of pyridine rings is 1. The van der Waals surface area contributed by atoms with E-state index in [1.165, 1.54) is 22.8 Å². The summed E-state index contributed by atoms with van der Waals surface area (Å²) >= 11 is 0. The molecule has 1 heterocycles. The van der Waals surface area contributed by atoms with Gasteiger partial charge >= 0.3 is 0 Å². The van der Waals surface area contributed by atoms with Crippen molar-refractivity contribution in [3.8, 4) is 11.8 Å². The molecule has 0 unspecified atom stereocenters. The van der Waals surface area contributed by atoms with Crippen molar-refractivity contribution in [1.82, 2.24) is 9.29 Å². The highest BCUT2D eigenvalue weighted by molar-refractivity contribution is 7.89. The number of nitrogens with zero attached hydrogens (tertiary/aromatic N) is 2. The summed E-state index contributed by atoms with van der Waals surface area (Å²) in [6.45, 7) is 4.36. The van der Waals surface area contributed by atoms with Gasteiger partial charge in [-0.05, 0) is 12.5 Å². The first-order chi connectivity index (χ1) is 9.06. The van der Waals surface area contributed by atoms with Gasteiger partial charge in [0.2, 0.25) is 10.0 Å². The van der Waals surface area contributed by atoms with Gasteiger partial charge in [-0.25, -0.2) is 8.42 Å². The largest absolute Gasteiger partial charge is 0.384 e. The van der Waals surface area contributed by atoms with Crippen LogP contribution in [0.1, 0.15) is 25.8 Å². The van der Waals surface area contributed by atoms with Crippen LogP contribution < -0.4 is 0 Å². The third-order valence-electron chi connectivity index (χ3n) is 2.49. The van der Waals surface area contributed by atoms with E-state index in [9.17, 15) is 8.42 Å².